The number of nitrogens with zero attached hydrogens (tertiary/aromatic N) is 1. The van der Waals surface area contributed by atoms with Crippen molar-refractivity contribution in [1.82, 2.24) is 0 Å². The zero-order valence-corrected chi connectivity index (χ0v) is 13.5. The van der Waals surface area contributed by atoms with Gasteiger partial charge >= 0.3 is 0 Å². The van der Waals surface area contributed by atoms with Crippen LogP contribution in [0.2, 0.25) is 0 Å². The van der Waals surface area contributed by atoms with Crippen molar-refractivity contribution in [3.8, 4) is 0 Å². The zero-order valence-electron chi connectivity index (χ0n) is 11.1. The van der Waals surface area contributed by atoms with Gasteiger partial charge in [0.25, 0.3) is 0 Å². The Hall–Kier alpha value is -1.30. The Kier molecular flexibility index (Phi) is 2.93. The van der Waals surface area contributed by atoms with Gasteiger partial charge in [0.05, 0.1) is 5.69 Å². The number of aryl methyl sites for hydroxylation is 1. The number of hydrogen-bond donors (Lipinski definition) is 2. The smallest absolute Gasteiger partial charge is 0.175 e. The first-order chi connectivity index (χ1) is 10.1. The van der Waals surface area contributed by atoms with E-state index in [4.69, 9.17) is 5.73 Å². The molecule has 0 fully saturated rings. The highest BCUT2D eigenvalue weighted by Gasteiger charge is 2.44. The molecule has 2 aromatic rings. The van der Waals surface area contributed by atoms with Crippen molar-refractivity contribution < 1.29 is 5.11 Å². The molecule has 2 heterocycles. The van der Waals surface area contributed by atoms with Crippen molar-refractivity contribution in [2.45, 2.75) is 16.9 Å². The van der Waals surface area contributed by atoms with E-state index in [1.807, 2.05) is 30.3 Å². The molecule has 0 aromatic heterocycles. The van der Waals surface area contributed by atoms with Gasteiger partial charge in [0.2, 0.25) is 0 Å². The molecule has 3 nitrogen and oxygen atoms in total. The molecular weight excluding hydrogens is 348 g/mol. The fourth-order valence-corrected chi connectivity index (χ4v) is 4.64. The van der Waals surface area contributed by atoms with E-state index in [0.717, 1.165) is 38.4 Å². The lowest BCUT2D eigenvalue weighted by molar-refractivity contribution is 0.155. The molecule has 4 rings (SSSR count). The molecule has 21 heavy (non-hydrogen) atoms. The number of amidine groups is 1. The molecule has 0 bridgehead atoms. The van der Waals surface area contributed by atoms with Gasteiger partial charge in [-0.2, -0.15) is 0 Å². The second kappa shape index (κ2) is 4.60. The first-order valence-corrected chi connectivity index (χ1v) is 8.51. The predicted octanol–water partition coefficient (Wildman–Crippen LogP) is 3.34. The fraction of sp³-hybridized carbons (Fsp3) is 0.188. The summed E-state index contributed by atoms with van der Waals surface area (Å²) >= 11 is 5.24. The predicted molar refractivity (Wildman–Crippen MR) is 89.3 cm³/mol. The summed E-state index contributed by atoms with van der Waals surface area (Å²) in [6.07, 6.45) is 1.03. The number of hydrogen-bond acceptors (Lipinski definition) is 4. The highest BCUT2D eigenvalue weighted by atomic mass is 79.9. The lowest BCUT2D eigenvalue weighted by Gasteiger charge is -2.27. The minimum absolute atomic E-state index is 0.247. The molecule has 2 aliphatic heterocycles. The minimum Gasteiger partial charge on any atom is -0.384 e. The first kappa shape index (κ1) is 13.4. The fourth-order valence-electron chi connectivity index (χ4n) is 3.03. The summed E-state index contributed by atoms with van der Waals surface area (Å²) in [5.41, 5.74) is 8.39. The van der Waals surface area contributed by atoms with Gasteiger partial charge in [0.15, 0.2) is 5.60 Å². The summed E-state index contributed by atoms with van der Waals surface area (Å²) in [5.74, 6) is 1.29. The third kappa shape index (κ3) is 1.81. The van der Waals surface area contributed by atoms with E-state index >= 15 is 0 Å². The summed E-state index contributed by atoms with van der Waals surface area (Å²) < 4.78 is 0.907. The van der Waals surface area contributed by atoms with Crippen molar-refractivity contribution in [2.24, 2.45) is 10.7 Å². The van der Waals surface area contributed by atoms with Gasteiger partial charge in [-0.3, -0.25) is 0 Å². The van der Waals surface area contributed by atoms with E-state index in [2.05, 4.69) is 27.0 Å². The Morgan fingerprint density at radius 3 is 2.95 bits per heavy atom. The molecule has 2 aliphatic rings. The topological polar surface area (TPSA) is 58.6 Å². The average Bonchev–Trinajstić information content (AvgIpc) is 3.04. The van der Waals surface area contributed by atoms with Crippen molar-refractivity contribution in [1.29, 1.82) is 0 Å². The summed E-state index contributed by atoms with van der Waals surface area (Å²) in [5, 5.41) is 11.4. The van der Waals surface area contributed by atoms with Crippen LogP contribution in [0.1, 0.15) is 16.7 Å². The Morgan fingerprint density at radius 2 is 2.10 bits per heavy atom. The van der Waals surface area contributed by atoms with Crippen molar-refractivity contribution in [3.05, 3.63) is 57.6 Å². The molecule has 0 radical (unpaired) electrons. The molecule has 0 saturated heterocycles. The monoisotopic (exact) mass is 360 g/mol. The van der Waals surface area contributed by atoms with Crippen LogP contribution in [0.15, 0.2) is 50.8 Å². The number of halogens is 1. The number of aliphatic hydroxyl groups is 1. The van der Waals surface area contributed by atoms with Gasteiger partial charge in [-0.1, -0.05) is 34.1 Å². The maximum Gasteiger partial charge on any atom is 0.175 e. The summed E-state index contributed by atoms with van der Waals surface area (Å²) in [6.45, 7) is 0. The van der Waals surface area contributed by atoms with E-state index in [1.54, 1.807) is 11.8 Å². The Morgan fingerprint density at radius 1 is 1.24 bits per heavy atom. The second-order valence-corrected chi connectivity index (χ2v) is 7.28. The molecule has 1 atom stereocenters. The zero-order chi connectivity index (χ0) is 14.6. The Labute approximate surface area is 135 Å². The van der Waals surface area contributed by atoms with E-state index in [9.17, 15) is 5.11 Å². The van der Waals surface area contributed by atoms with Gasteiger partial charge < -0.3 is 10.8 Å². The largest absolute Gasteiger partial charge is 0.384 e. The summed E-state index contributed by atoms with van der Waals surface area (Å²) in [4.78, 5) is 5.51. The van der Waals surface area contributed by atoms with Crippen LogP contribution >= 0.6 is 27.7 Å². The lowest BCUT2D eigenvalue weighted by atomic mass is 9.85. The Bertz CT molecular complexity index is 790. The van der Waals surface area contributed by atoms with Gasteiger partial charge in [-0.15, -0.1) is 11.8 Å². The summed E-state index contributed by atoms with van der Waals surface area (Å²) in [6, 6.07) is 11.7. The molecule has 0 spiro atoms. The van der Waals surface area contributed by atoms with Crippen LogP contribution in [0, 0.1) is 0 Å². The minimum atomic E-state index is -1.33. The molecule has 0 amide bonds. The lowest BCUT2D eigenvalue weighted by Crippen LogP contribution is -2.40. The van der Waals surface area contributed by atoms with Crippen LogP contribution < -0.4 is 5.73 Å². The highest BCUT2D eigenvalue weighted by molar-refractivity contribution is 9.10. The van der Waals surface area contributed by atoms with Gasteiger partial charge in [-0.25, -0.2) is 4.99 Å². The standard InChI is InChI=1S/C16H13BrN2OS/c17-10-4-5-13-12(8-10)16(20,15(18)19-13)11-3-1-2-9-6-7-21-14(9)11/h1-5,8,20H,6-7H2,(H2,18,19). The van der Waals surface area contributed by atoms with Crippen LogP contribution in [0.5, 0.6) is 0 Å². The maximum absolute atomic E-state index is 11.4. The normalized spacial score (nSPS) is 22.9. The van der Waals surface area contributed by atoms with Crippen molar-refractivity contribution >= 4 is 39.2 Å². The summed E-state index contributed by atoms with van der Waals surface area (Å²) in [7, 11) is 0. The van der Waals surface area contributed by atoms with Gasteiger partial charge in [-0.05, 0) is 30.2 Å². The number of rotatable bonds is 1. The molecule has 106 valence electrons. The van der Waals surface area contributed by atoms with E-state index in [0.29, 0.717) is 0 Å². The molecule has 2 aromatic carbocycles. The molecule has 0 aliphatic carbocycles. The van der Waals surface area contributed by atoms with Gasteiger partial charge in [0.1, 0.15) is 5.84 Å². The molecule has 0 saturated carbocycles. The number of benzene rings is 2. The maximum atomic E-state index is 11.4. The number of thioether (sulfide) groups is 1. The van der Waals surface area contributed by atoms with Crippen LogP contribution in [-0.2, 0) is 12.0 Å². The number of aliphatic imine (C=N–C) groups is 1. The van der Waals surface area contributed by atoms with Crippen molar-refractivity contribution in [3.63, 3.8) is 0 Å². The quantitative estimate of drug-likeness (QED) is 0.819. The highest BCUT2D eigenvalue weighted by Crippen LogP contribution is 2.47. The van der Waals surface area contributed by atoms with E-state index in [-0.39, 0.29) is 5.84 Å². The van der Waals surface area contributed by atoms with Crippen LogP contribution in [0.4, 0.5) is 5.69 Å². The molecular formula is C16H13BrN2OS. The van der Waals surface area contributed by atoms with Crippen LogP contribution in [-0.4, -0.2) is 16.7 Å². The van der Waals surface area contributed by atoms with Crippen molar-refractivity contribution in [2.75, 3.05) is 5.75 Å². The molecule has 1 unspecified atom stereocenters. The second-order valence-electron chi connectivity index (χ2n) is 5.26. The van der Waals surface area contributed by atoms with Crippen LogP contribution in [0.25, 0.3) is 0 Å². The van der Waals surface area contributed by atoms with E-state index in [1.165, 1.54) is 5.56 Å². The van der Waals surface area contributed by atoms with Gasteiger partial charge in [0, 0.05) is 26.2 Å². The average molecular weight is 361 g/mol. The molecule has 5 heteroatoms. The third-order valence-electron chi connectivity index (χ3n) is 4.06. The molecule has 3 N–H and O–H groups in total. The number of fused-ring (bicyclic) bond motifs is 2. The van der Waals surface area contributed by atoms with E-state index < -0.39 is 5.60 Å². The number of nitrogens with two attached hydrogens (primary N) is 1. The SMILES string of the molecule is NC1=Nc2ccc(Br)cc2C1(O)c1cccc2c1SCC2. The Balaban J connectivity index is 1.99. The third-order valence-corrected chi connectivity index (χ3v) is 5.74. The van der Waals surface area contributed by atoms with Crippen LogP contribution in [0.3, 0.4) is 0 Å². The first-order valence-electron chi connectivity index (χ1n) is 6.73.